The number of thioether (sulfide) groups is 1. The Bertz CT molecular complexity index is 152. The highest BCUT2D eigenvalue weighted by Gasteiger charge is 2.25. The van der Waals surface area contributed by atoms with Crippen LogP contribution in [0.1, 0.15) is 52.4 Å². The fourth-order valence-electron chi connectivity index (χ4n) is 2.30. The van der Waals surface area contributed by atoms with Crippen LogP contribution in [-0.4, -0.2) is 16.8 Å². The minimum absolute atomic E-state index is 0.559. The van der Waals surface area contributed by atoms with E-state index in [1.807, 2.05) is 0 Å². The highest BCUT2D eigenvalue weighted by molar-refractivity contribution is 9.09. The number of alkyl halides is 1. The fraction of sp³-hybridized carbons (Fsp3) is 1.00. The van der Waals surface area contributed by atoms with Crippen LogP contribution in [0, 0.1) is 11.3 Å². The first-order chi connectivity index (χ1) is 7.26. The first-order valence-corrected chi connectivity index (χ1v) is 8.67. The Morgan fingerprint density at radius 3 is 2.27 bits per heavy atom. The maximum absolute atomic E-state index is 3.69. The average Bonchev–Trinajstić information content (AvgIpc) is 2.78. The van der Waals surface area contributed by atoms with E-state index in [1.165, 1.54) is 55.4 Å². The third kappa shape index (κ3) is 4.30. The van der Waals surface area contributed by atoms with Crippen molar-refractivity contribution in [2.75, 3.05) is 16.8 Å². The molecule has 0 bridgehead atoms. The Hall–Kier alpha value is 0.830. The summed E-state index contributed by atoms with van der Waals surface area (Å²) < 4.78 is 0. The monoisotopic (exact) mass is 292 g/mol. The van der Waals surface area contributed by atoms with Gasteiger partial charge in [0.2, 0.25) is 0 Å². The maximum atomic E-state index is 3.69. The molecule has 1 aliphatic rings. The second-order valence-corrected chi connectivity index (χ2v) is 6.60. The summed E-state index contributed by atoms with van der Waals surface area (Å²) in [6.45, 7) is 4.67. The zero-order valence-corrected chi connectivity index (χ0v) is 12.6. The van der Waals surface area contributed by atoms with Crippen molar-refractivity contribution in [3.8, 4) is 0 Å². The summed E-state index contributed by atoms with van der Waals surface area (Å²) in [5, 5.41) is 1.17. The summed E-state index contributed by atoms with van der Waals surface area (Å²) in [5.74, 6) is 3.80. The van der Waals surface area contributed by atoms with E-state index in [0.717, 1.165) is 5.92 Å². The summed E-state index contributed by atoms with van der Waals surface area (Å²) in [6, 6.07) is 0. The number of hydrogen-bond donors (Lipinski definition) is 0. The van der Waals surface area contributed by atoms with E-state index >= 15 is 0 Å². The Morgan fingerprint density at radius 1 is 1.20 bits per heavy atom. The van der Waals surface area contributed by atoms with Crippen molar-refractivity contribution in [1.29, 1.82) is 0 Å². The second kappa shape index (κ2) is 7.21. The number of hydrogen-bond acceptors (Lipinski definition) is 1. The normalized spacial score (nSPS) is 18.6. The third-order valence-electron chi connectivity index (χ3n) is 4.02. The van der Waals surface area contributed by atoms with E-state index in [0.29, 0.717) is 5.41 Å². The lowest BCUT2D eigenvalue weighted by Gasteiger charge is -2.29. The van der Waals surface area contributed by atoms with Crippen LogP contribution in [0.4, 0.5) is 0 Å². The average molecular weight is 293 g/mol. The van der Waals surface area contributed by atoms with Crippen molar-refractivity contribution in [3.05, 3.63) is 0 Å². The first kappa shape index (κ1) is 13.9. The molecule has 1 fully saturated rings. The van der Waals surface area contributed by atoms with Gasteiger partial charge in [-0.05, 0) is 48.5 Å². The van der Waals surface area contributed by atoms with E-state index < -0.39 is 0 Å². The van der Waals surface area contributed by atoms with Crippen LogP contribution in [0.5, 0.6) is 0 Å². The van der Waals surface area contributed by atoms with E-state index in [9.17, 15) is 0 Å². The predicted molar refractivity (Wildman–Crippen MR) is 76.1 cm³/mol. The molecule has 0 radical (unpaired) electrons. The summed E-state index contributed by atoms with van der Waals surface area (Å²) in [6.07, 6.45) is 8.57. The van der Waals surface area contributed by atoms with Gasteiger partial charge in [0.1, 0.15) is 0 Å². The molecule has 0 saturated heterocycles. The quantitative estimate of drug-likeness (QED) is 0.588. The molecular weight excluding hydrogens is 268 g/mol. The van der Waals surface area contributed by atoms with Gasteiger partial charge in [0.15, 0.2) is 0 Å². The lowest BCUT2D eigenvalue weighted by molar-refractivity contribution is 0.359. The Kier molecular flexibility index (Phi) is 6.68. The van der Waals surface area contributed by atoms with Gasteiger partial charge < -0.3 is 0 Å². The lowest BCUT2D eigenvalue weighted by atomic mass is 9.87. The largest absolute Gasteiger partial charge is 0.161 e. The molecule has 0 heterocycles. The highest BCUT2D eigenvalue weighted by Crippen LogP contribution is 2.35. The lowest BCUT2D eigenvalue weighted by Crippen LogP contribution is -2.24. The Balaban J connectivity index is 2.21. The van der Waals surface area contributed by atoms with E-state index in [4.69, 9.17) is 0 Å². The van der Waals surface area contributed by atoms with Gasteiger partial charge in [-0.2, -0.15) is 11.8 Å². The van der Waals surface area contributed by atoms with Crippen LogP contribution in [0.3, 0.4) is 0 Å². The smallest absolute Gasteiger partial charge is 0.00956 e. The molecule has 90 valence electrons. The van der Waals surface area contributed by atoms with Crippen molar-refractivity contribution < 1.29 is 0 Å². The molecule has 1 saturated carbocycles. The molecule has 15 heavy (non-hydrogen) atoms. The van der Waals surface area contributed by atoms with Crippen LogP contribution in [-0.2, 0) is 0 Å². The molecule has 0 aliphatic heterocycles. The molecule has 1 rings (SSSR count). The van der Waals surface area contributed by atoms with E-state index in [2.05, 4.69) is 41.5 Å². The summed E-state index contributed by atoms with van der Waals surface area (Å²) in [5.41, 5.74) is 0.559. The minimum atomic E-state index is 0.559. The molecular formula is C13H25BrS. The van der Waals surface area contributed by atoms with Gasteiger partial charge in [-0.1, -0.05) is 42.6 Å². The van der Waals surface area contributed by atoms with Gasteiger partial charge in [0.05, 0.1) is 0 Å². The molecule has 0 aromatic rings. The highest BCUT2D eigenvalue weighted by atomic mass is 79.9. The van der Waals surface area contributed by atoms with Crippen molar-refractivity contribution in [2.24, 2.45) is 11.3 Å². The fourth-order valence-corrected chi connectivity index (χ4v) is 5.28. The molecule has 0 atom stereocenters. The SMILES string of the molecule is CCC(CC)(CBr)CSCC1CCCC1. The molecule has 0 N–H and O–H groups in total. The second-order valence-electron chi connectivity index (χ2n) is 5.01. The van der Waals surface area contributed by atoms with Gasteiger partial charge in [-0.3, -0.25) is 0 Å². The zero-order valence-electron chi connectivity index (χ0n) is 10.2. The van der Waals surface area contributed by atoms with Gasteiger partial charge in [0, 0.05) is 5.33 Å². The maximum Gasteiger partial charge on any atom is 0.00956 e. The zero-order chi connectivity index (χ0) is 11.1. The Labute approximate surface area is 108 Å². The van der Waals surface area contributed by atoms with Gasteiger partial charge in [-0.25, -0.2) is 0 Å². The summed E-state index contributed by atoms with van der Waals surface area (Å²) in [4.78, 5) is 0. The van der Waals surface area contributed by atoms with E-state index in [-0.39, 0.29) is 0 Å². The minimum Gasteiger partial charge on any atom is -0.161 e. The van der Waals surface area contributed by atoms with Crippen LogP contribution in [0.25, 0.3) is 0 Å². The van der Waals surface area contributed by atoms with Gasteiger partial charge in [0.25, 0.3) is 0 Å². The molecule has 1 aliphatic carbocycles. The number of halogens is 1. The molecule has 0 spiro atoms. The molecule has 0 aromatic heterocycles. The van der Waals surface area contributed by atoms with Crippen molar-refractivity contribution in [1.82, 2.24) is 0 Å². The van der Waals surface area contributed by atoms with Crippen LogP contribution in [0.2, 0.25) is 0 Å². The molecule has 0 amide bonds. The van der Waals surface area contributed by atoms with Crippen molar-refractivity contribution in [2.45, 2.75) is 52.4 Å². The number of rotatable bonds is 7. The van der Waals surface area contributed by atoms with Gasteiger partial charge >= 0.3 is 0 Å². The molecule has 0 unspecified atom stereocenters. The standard InChI is InChI=1S/C13H25BrS/c1-3-13(4-2,10-14)11-15-9-12-7-5-6-8-12/h12H,3-11H2,1-2H3. The summed E-state index contributed by atoms with van der Waals surface area (Å²) in [7, 11) is 0. The van der Waals surface area contributed by atoms with Crippen LogP contribution < -0.4 is 0 Å². The van der Waals surface area contributed by atoms with E-state index in [1.54, 1.807) is 0 Å². The van der Waals surface area contributed by atoms with Crippen LogP contribution >= 0.6 is 27.7 Å². The van der Waals surface area contributed by atoms with Crippen LogP contribution in [0.15, 0.2) is 0 Å². The predicted octanol–water partition coefficient (Wildman–Crippen LogP) is 5.11. The first-order valence-electron chi connectivity index (χ1n) is 6.40. The Morgan fingerprint density at radius 2 is 1.80 bits per heavy atom. The third-order valence-corrected chi connectivity index (χ3v) is 6.73. The molecule has 2 heteroatoms. The summed E-state index contributed by atoms with van der Waals surface area (Å²) >= 11 is 5.89. The molecule has 0 nitrogen and oxygen atoms in total. The van der Waals surface area contributed by atoms with Crippen molar-refractivity contribution in [3.63, 3.8) is 0 Å². The van der Waals surface area contributed by atoms with Gasteiger partial charge in [-0.15, -0.1) is 0 Å². The van der Waals surface area contributed by atoms with Crippen molar-refractivity contribution >= 4 is 27.7 Å². The topological polar surface area (TPSA) is 0 Å². The molecule has 0 aromatic carbocycles.